The number of hydrogen-bond acceptors (Lipinski definition) is 3. The summed E-state index contributed by atoms with van der Waals surface area (Å²) in [5.74, 6) is 0.933. The fourth-order valence-corrected chi connectivity index (χ4v) is 3.31. The van der Waals surface area contributed by atoms with Gasteiger partial charge in [-0.2, -0.15) is 0 Å². The standard InChI is InChI=1S/C23H28N2O3/c1-15(2)18-6-9-21(10-7-18)28-14-22(26)24-19-12-23(27)25(13-19)20-8-5-16(3)17(4)11-20/h5-11,15,19H,12-14H2,1-4H3,(H,24,26). The van der Waals surface area contributed by atoms with Gasteiger partial charge in [0.1, 0.15) is 5.75 Å². The third kappa shape index (κ3) is 4.71. The molecular formula is C23H28N2O3. The highest BCUT2D eigenvalue weighted by Crippen LogP contribution is 2.24. The molecule has 2 aromatic rings. The van der Waals surface area contributed by atoms with Gasteiger partial charge in [0.2, 0.25) is 5.91 Å². The Kier molecular flexibility index (Phi) is 6.02. The topological polar surface area (TPSA) is 58.6 Å². The van der Waals surface area contributed by atoms with Crippen LogP contribution in [0.25, 0.3) is 0 Å². The van der Waals surface area contributed by atoms with Gasteiger partial charge < -0.3 is 15.0 Å². The van der Waals surface area contributed by atoms with Crippen LogP contribution in [-0.4, -0.2) is 31.0 Å². The third-order valence-corrected chi connectivity index (χ3v) is 5.21. The van der Waals surface area contributed by atoms with Crippen LogP contribution < -0.4 is 15.0 Å². The van der Waals surface area contributed by atoms with E-state index >= 15 is 0 Å². The Hall–Kier alpha value is -2.82. The number of rotatable bonds is 6. The molecule has 0 spiro atoms. The van der Waals surface area contributed by atoms with E-state index in [0.29, 0.717) is 24.6 Å². The quantitative estimate of drug-likeness (QED) is 0.831. The van der Waals surface area contributed by atoms with Gasteiger partial charge >= 0.3 is 0 Å². The fourth-order valence-electron chi connectivity index (χ4n) is 3.31. The van der Waals surface area contributed by atoms with Gasteiger partial charge in [-0.05, 0) is 60.7 Å². The average Bonchev–Trinajstić information content (AvgIpc) is 3.02. The van der Waals surface area contributed by atoms with Gasteiger partial charge in [0.05, 0.1) is 6.04 Å². The SMILES string of the molecule is Cc1ccc(N2CC(NC(=O)COc3ccc(C(C)C)cc3)CC2=O)cc1C. The van der Waals surface area contributed by atoms with E-state index in [9.17, 15) is 9.59 Å². The predicted octanol–water partition coefficient (Wildman–Crippen LogP) is 3.73. The minimum Gasteiger partial charge on any atom is -0.484 e. The summed E-state index contributed by atoms with van der Waals surface area (Å²) in [5, 5.41) is 2.91. The van der Waals surface area contributed by atoms with Crippen molar-refractivity contribution in [2.45, 2.75) is 46.1 Å². The lowest BCUT2D eigenvalue weighted by Gasteiger charge is -2.18. The average molecular weight is 380 g/mol. The molecule has 0 aromatic heterocycles. The molecule has 28 heavy (non-hydrogen) atoms. The summed E-state index contributed by atoms with van der Waals surface area (Å²) < 4.78 is 5.57. The number of benzene rings is 2. The van der Waals surface area contributed by atoms with Gasteiger partial charge in [0, 0.05) is 18.7 Å². The number of hydrogen-bond donors (Lipinski definition) is 1. The minimum atomic E-state index is -0.215. The van der Waals surface area contributed by atoms with Gasteiger partial charge in [0.15, 0.2) is 6.61 Å². The molecule has 2 amide bonds. The normalized spacial score (nSPS) is 16.5. The van der Waals surface area contributed by atoms with Gasteiger partial charge in [-0.3, -0.25) is 9.59 Å². The zero-order valence-electron chi connectivity index (χ0n) is 17.0. The van der Waals surface area contributed by atoms with E-state index in [1.165, 1.54) is 11.1 Å². The molecule has 3 rings (SSSR count). The first-order valence-electron chi connectivity index (χ1n) is 9.73. The van der Waals surface area contributed by atoms with Crippen LogP contribution in [-0.2, 0) is 9.59 Å². The Labute approximate surface area is 166 Å². The zero-order valence-corrected chi connectivity index (χ0v) is 17.0. The maximum absolute atomic E-state index is 12.4. The van der Waals surface area contributed by atoms with Crippen molar-refractivity contribution in [2.75, 3.05) is 18.1 Å². The molecule has 1 saturated heterocycles. The summed E-state index contributed by atoms with van der Waals surface area (Å²) in [7, 11) is 0. The molecule has 0 saturated carbocycles. The first-order chi connectivity index (χ1) is 13.3. The van der Waals surface area contributed by atoms with Gasteiger partial charge in [-0.15, -0.1) is 0 Å². The zero-order chi connectivity index (χ0) is 20.3. The summed E-state index contributed by atoms with van der Waals surface area (Å²) in [5.41, 5.74) is 4.45. The molecule has 148 valence electrons. The van der Waals surface area contributed by atoms with Crippen molar-refractivity contribution >= 4 is 17.5 Å². The Morgan fingerprint density at radius 3 is 2.50 bits per heavy atom. The lowest BCUT2D eigenvalue weighted by molar-refractivity contribution is -0.123. The Morgan fingerprint density at radius 1 is 1.14 bits per heavy atom. The number of amides is 2. The number of carbonyl (C=O) groups excluding carboxylic acids is 2. The van der Waals surface area contributed by atoms with E-state index in [1.54, 1.807) is 4.90 Å². The number of aryl methyl sites for hydroxylation is 2. The maximum Gasteiger partial charge on any atom is 0.258 e. The van der Waals surface area contributed by atoms with E-state index < -0.39 is 0 Å². The molecule has 1 N–H and O–H groups in total. The number of anilines is 1. The summed E-state index contributed by atoms with van der Waals surface area (Å²) in [4.78, 5) is 26.3. The van der Waals surface area contributed by atoms with Crippen molar-refractivity contribution in [1.29, 1.82) is 0 Å². The first kappa shape index (κ1) is 19.9. The van der Waals surface area contributed by atoms with Gasteiger partial charge in [0.25, 0.3) is 5.91 Å². The van der Waals surface area contributed by atoms with Crippen LogP contribution in [0.15, 0.2) is 42.5 Å². The summed E-state index contributed by atoms with van der Waals surface area (Å²) in [6.07, 6.45) is 0.307. The third-order valence-electron chi connectivity index (χ3n) is 5.21. The molecule has 2 aromatic carbocycles. The fraction of sp³-hybridized carbons (Fsp3) is 0.391. The monoisotopic (exact) mass is 380 g/mol. The smallest absolute Gasteiger partial charge is 0.258 e. The Bertz CT molecular complexity index is 859. The van der Waals surface area contributed by atoms with E-state index in [1.807, 2.05) is 56.3 Å². The van der Waals surface area contributed by atoms with Crippen LogP contribution in [0.3, 0.4) is 0 Å². The van der Waals surface area contributed by atoms with Crippen LogP contribution in [0.2, 0.25) is 0 Å². The molecule has 1 aliphatic heterocycles. The van der Waals surface area contributed by atoms with E-state index in [-0.39, 0.29) is 24.5 Å². The molecule has 1 heterocycles. The molecule has 5 nitrogen and oxygen atoms in total. The van der Waals surface area contributed by atoms with Crippen LogP contribution in [0, 0.1) is 13.8 Å². The predicted molar refractivity (Wildman–Crippen MR) is 111 cm³/mol. The first-order valence-corrected chi connectivity index (χ1v) is 9.73. The Morgan fingerprint density at radius 2 is 1.86 bits per heavy atom. The maximum atomic E-state index is 12.4. The highest BCUT2D eigenvalue weighted by atomic mass is 16.5. The summed E-state index contributed by atoms with van der Waals surface area (Å²) >= 11 is 0. The number of carbonyl (C=O) groups is 2. The van der Waals surface area contributed by atoms with Crippen molar-refractivity contribution in [1.82, 2.24) is 5.32 Å². The molecular weight excluding hydrogens is 352 g/mol. The van der Waals surface area contributed by atoms with E-state index in [4.69, 9.17) is 4.74 Å². The summed E-state index contributed by atoms with van der Waals surface area (Å²) in [6.45, 7) is 8.76. The molecule has 0 aliphatic carbocycles. The molecule has 1 fully saturated rings. The van der Waals surface area contributed by atoms with Crippen LogP contribution in [0.5, 0.6) is 5.75 Å². The summed E-state index contributed by atoms with van der Waals surface area (Å²) in [6, 6.07) is 13.6. The lowest BCUT2D eigenvalue weighted by Crippen LogP contribution is -2.39. The second kappa shape index (κ2) is 8.46. The molecule has 1 atom stereocenters. The van der Waals surface area contributed by atoms with E-state index in [2.05, 4.69) is 19.2 Å². The second-order valence-electron chi connectivity index (χ2n) is 7.75. The molecule has 5 heteroatoms. The molecule has 0 bridgehead atoms. The Balaban J connectivity index is 1.52. The van der Waals surface area contributed by atoms with Crippen molar-refractivity contribution < 1.29 is 14.3 Å². The van der Waals surface area contributed by atoms with E-state index in [0.717, 1.165) is 11.3 Å². The largest absolute Gasteiger partial charge is 0.484 e. The van der Waals surface area contributed by atoms with Crippen molar-refractivity contribution in [3.63, 3.8) is 0 Å². The molecule has 1 aliphatic rings. The highest BCUT2D eigenvalue weighted by molar-refractivity contribution is 5.97. The van der Waals surface area contributed by atoms with Crippen LogP contribution in [0.4, 0.5) is 5.69 Å². The number of nitrogens with zero attached hydrogens (tertiary/aromatic N) is 1. The van der Waals surface area contributed by atoms with Gasteiger partial charge in [-0.25, -0.2) is 0 Å². The molecule has 1 unspecified atom stereocenters. The minimum absolute atomic E-state index is 0.0266. The number of nitrogens with one attached hydrogen (secondary N) is 1. The van der Waals surface area contributed by atoms with Crippen LogP contribution in [0.1, 0.15) is 42.9 Å². The van der Waals surface area contributed by atoms with Gasteiger partial charge in [-0.1, -0.05) is 32.0 Å². The molecule has 0 radical (unpaired) electrons. The second-order valence-corrected chi connectivity index (χ2v) is 7.75. The lowest BCUT2D eigenvalue weighted by atomic mass is 10.0. The number of ether oxygens (including phenoxy) is 1. The van der Waals surface area contributed by atoms with Crippen molar-refractivity contribution in [3.8, 4) is 5.75 Å². The highest BCUT2D eigenvalue weighted by Gasteiger charge is 2.31. The van der Waals surface area contributed by atoms with Crippen LogP contribution >= 0.6 is 0 Å². The van der Waals surface area contributed by atoms with Crippen molar-refractivity contribution in [2.24, 2.45) is 0 Å². The van der Waals surface area contributed by atoms with Crippen molar-refractivity contribution in [3.05, 3.63) is 59.2 Å².